The molecule has 118 valence electrons. The molecule has 0 amide bonds. The standard InChI is InChI=1S/C17H15BrN2O2S/c1-12-3-2-4-13(11-12)16-19-20-17(22-16)23-10-9-21-15-7-5-14(18)6-8-15/h2-8,11H,9-10H2,1H3. The average molecular weight is 391 g/mol. The van der Waals surface area contributed by atoms with Crippen molar-refractivity contribution >= 4 is 27.7 Å². The third kappa shape index (κ3) is 4.59. The number of rotatable bonds is 6. The fraction of sp³-hybridized carbons (Fsp3) is 0.176. The molecule has 2 aromatic carbocycles. The third-order valence-corrected chi connectivity index (χ3v) is 4.37. The second kappa shape index (κ2) is 7.66. The lowest BCUT2D eigenvalue weighted by Gasteiger charge is -2.04. The molecule has 4 nitrogen and oxygen atoms in total. The molecule has 3 aromatic rings. The molecule has 0 spiro atoms. The van der Waals surface area contributed by atoms with Gasteiger partial charge in [0, 0.05) is 15.8 Å². The van der Waals surface area contributed by atoms with E-state index >= 15 is 0 Å². The molecule has 1 heterocycles. The van der Waals surface area contributed by atoms with Gasteiger partial charge in [-0.25, -0.2) is 0 Å². The lowest BCUT2D eigenvalue weighted by Crippen LogP contribution is -1.99. The highest BCUT2D eigenvalue weighted by atomic mass is 79.9. The number of aryl methyl sites for hydroxylation is 1. The summed E-state index contributed by atoms with van der Waals surface area (Å²) in [6.07, 6.45) is 0. The molecule has 0 atom stereocenters. The number of nitrogens with zero attached hydrogens (tertiary/aromatic N) is 2. The van der Waals surface area contributed by atoms with Crippen LogP contribution in [0.5, 0.6) is 5.75 Å². The topological polar surface area (TPSA) is 48.2 Å². The van der Waals surface area contributed by atoms with Gasteiger partial charge in [-0.1, -0.05) is 45.4 Å². The average Bonchev–Trinajstić information content (AvgIpc) is 3.02. The second-order valence-electron chi connectivity index (χ2n) is 4.89. The number of hydrogen-bond acceptors (Lipinski definition) is 5. The van der Waals surface area contributed by atoms with E-state index in [1.54, 1.807) is 0 Å². The highest BCUT2D eigenvalue weighted by Gasteiger charge is 2.09. The summed E-state index contributed by atoms with van der Waals surface area (Å²) < 4.78 is 12.4. The summed E-state index contributed by atoms with van der Waals surface area (Å²) in [6, 6.07) is 15.8. The first-order valence-corrected chi connectivity index (χ1v) is 8.90. The van der Waals surface area contributed by atoms with Crippen LogP contribution in [0.15, 0.2) is 62.6 Å². The van der Waals surface area contributed by atoms with Crippen molar-refractivity contribution in [3.05, 3.63) is 58.6 Å². The maximum atomic E-state index is 5.67. The Bertz CT molecular complexity index is 774. The Hall–Kier alpha value is -1.79. The first-order chi connectivity index (χ1) is 11.2. The number of hydrogen-bond donors (Lipinski definition) is 0. The van der Waals surface area contributed by atoms with Gasteiger partial charge < -0.3 is 9.15 Å². The molecule has 0 saturated heterocycles. The van der Waals surface area contributed by atoms with Crippen molar-refractivity contribution in [2.45, 2.75) is 12.1 Å². The Morgan fingerprint density at radius 1 is 1.13 bits per heavy atom. The minimum Gasteiger partial charge on any atom is -0.493 e. The van der Waals surface area contributed by atoms with E-state index in [0.717, 1.165) is 27.1 Å². The zero-order valence-electron chi connectivity index (χ0n) is 12.5. The number of aromatic nitrogens is 2. The molecule has 0 unspecified atom stereocenters. The van der Waals surface area contributed by atoms with Crippen LogP contribution in [0.3, 0.4) is 0 Å². The molecule has 0 fully saturated rings. The molecule has 6 heteroatoms. The predicted molar refractivity (Wildman–Crippen MR) is 94.8 cm³/mol. The van der Waals surface area contributed by atoms with Crippen molar-refractivity contribution in [1.82, 2.24) is 10.2 Å². The van der Waals surface area contributed by atoms with E-state index in [-0.39, 0.29) is 0 Å². The van der Waals surface area contributed by atoms with Crippen LogP contribution < -0.4 is 4.74 Å². The van der Waals surface area contributed by atoms with Crippen LogP contribution in [0.1, 0.15) is 5.56 Å². The fourth-order valence-electron chi connectivity index (χ4n) is 1.98. The highest BCUT2D eigenvalue weighted by molar-refractivity contribution is 9.10. The van der Waals surface area contributed by atoms with E-state index in [1.165, 1.54) is 11.8 Å². The summed E-state index contributed by atoms with van der Waals surface area (Å²) in [6.45, 7) is 2.61. The van der Waals surface area contributed by atoms with Gasteiger partial charge in [0.25, 0.3) is 5.22 Å². The summed E-state index contributed by atoms with van der Waals surface area (Å²) in [5.41, 5.74) is 2.10. The molecule has 23 heavy (non-hydrogen) atoms. The zero-order chi connectivity index (χ0) is 16.1. The van der Waals surface area contributed by atoms with Crippen LogP contribution in [0.2, 0.25) is 0 Å². The fourth-order valence-corrected chi connectivity index (χ4v) is 2.82. The summed E-state index contributed by atoms with van der Waals surface area (Å²) >= 11 is 4.88. The Morgan fingerprint density at radius 2 is 1.96 bits per heavy atom. The molecular weight excluding hydrogens is 376 g/mol. The normalized spacial score (nSPS) is 10.7. The molecule has 0 aliphatic heterocycles. The van der Waals surface area contributed by atoms with Crippen LogP contribution in [0, 0.1) is 6.92 Å². The van der Waals surface area contributed by atoms with Gasteiger partial charge in [0.15, 0.2) is 0 Å². The molecule has 0 radical (unpaired) electrons. The zero-order valence-corrected chi connectivity index (χ0v) is 14.9. The summed E-state index contributed by atoms with van der Waals surface area (Å²) in [7, 11) is 0. The van der Waals surface area contributed by atoms with Crippen molar-refractivity contribution in [2.75, 3.05) is 12.4 Å². The van der Waals surface area contributed by atoms with E-state index in [1.807, 2.05) is 55.5 Å². The van der Waals surface area contributed by atoms with Crippen LogP contribution in [0.25, 0.3) is 11.5 Å². The maximum absolute atomic E-state index is 5.67. The maximum Gasteiger partial charge on any atom is 0.276 e. The van der Waals surface area contributed by atoms with E-state index in [0.29, 0.717) is 17.7 Å². The SMILES string of the molecule is Cc1cccc(-c2nnc(SCCOc3ccc(Br)cc3)o2)c1. The van der Waals surface area contributed by atoms with Crippen molar-refractivity contribution < 1.29 is 9.15 Å². The van der Waals surface area contributed by atoms with E-state index in [9.17, 15) is 0 Å². The van der Waals surface area contributed by atoms with Crippen LogP contribution in [0.4, 0.5) is 0 Å². The van der Waals surface area contributed by atoms with Crippen LogP contribution in [-0.4, -0.2) is 22.6 Å². The summed E-state index contributed by atoms with van der Waals surface area (Å²) in [4.78, 5) is 0. The minimum atomic E-state index is 0.546. The first kappa shape index (κ1) is 16.1. The summed E-state index contributed by atoms with van der Waals surface area (Å²) in [5.74, 6) is 2.13. The molecule has 0 saturated carbocycles. The van der Waals surface area contributed by atoms with Crippen LogP contribution >= 0.6 is 27.7 Å². The van der Waals surface area contributed by atoms with Gasteiger partial charge in [0.2, 0.25) is 5.89 Å². The number of halogens is 1. The molecular formula is C17H15BrN2O2S. The molecule has 0 bridgehead atoms. The minimum absolute atomic E-state index is 0.546. The lowest BCUT2D eigenvalue weighted by atomic mass is 10.1. The van der Waals surface area contributed by atoms with E-state index in [2.05, 4.69) is 26.1 Å². The van der Waals surface area contributed by atoms with E-state index < -0.39 is 0 Å². The van der Waals surface area contributed by atoms with Crippen molar-refractivity contribution in [1.29, 1.82) is 0 Å². The smallest absolute Gasteiger partial charge is 0.276 e. The quantitative estimate of drug-likeness (QED) is 0.438. The lowest BCUT2D eigenvalue weighted by molar-refractivity contribution is 0.343. The molecule has 1 aromatic heterocycles. The van der Waals surface area contributed by atoms with Gasteiger partial charge in [0.05, 0.1) is 6.61 Å². The first-order valence-electron chi connectivity index (χ1n) is 7.12. The Morgan fingerprint density at radius 3 is 2.74 bits per heavy atom. The number of ether oxygens (including phenoxy) is 1. The Balaban J connectivity index is 1.50. The number of benzene rings is 2. The largest absolute Gasteiger partial charge is 0.493 e. The van der Waals surface area contributed by atoms with Gasteiger partial charge in [-0.15, -0.1) is 10.2 Å². The van der Waals surface area contributed by atoms with E-state index in [4.69, 9.17) is 9.15 Å². The second-order valence-corrected chi connectivity index (χ2v) is 6.86. The van der Waals surface area contributed by atoms with Gasteiger partial charge >= 0.3 is 0 Å². The molecule has 0 N–H and O–H groups in total. The Kier molecular flexibility index (Phi) is 5.35. The highest BCUT2D eigenvalue weighted by Crippen LogP contribution is 2.24. The van der Waals surface area contributed by atoms with Crippen molar-refractivity contribution in [3.8, 4) is 17.2 Å². The van der Waals surface area contributed by atoms with Crippen molar-refractivity contribution in [2.24, 2.45) is 0 Å². The van der Waals surface area contributed by atoms with Gasteiger partial charge in [-0.05, 0) is 43.3 Å². The van der Waals surface area contributed by atoms with Crippen molar-refractivity contribution in [3.63, 3.8) is 0 Å². The third-order valence-electron chi connectivity index (χ3n) is 3.06. The van der Waals surface area contributed by atoms with Gasteiger partial charge in [0.1, 0.15) is 5.75 Å². The number of thioether (sulfide) groups is 1. The van der Waals surface area contributed by atoms with Gasteiger partial charge in [-0.3, -0.25) is 0 Å². The molecule has 0 aliphatic rings. The Labute approximate surface area is 147 Å². The molecule has 3 rings (SSSR count). The van der Waals surface area contributed by atoms with Gasteiger partial charge in [-0.2, -0.15) is 0 Å². The van der Waals surface area contributed by atoms with Crippen LogP contribution in [-0.2, 0) is 0 Å². The predicted octanol–water partition coefficient (Wildman–Crippen LogP) is 4.98. The monoisotopic (exact) mass is 390 g/mol. The molecule has 0 aliphatic carbocycles. The summed E-state index contributed by atoms with van der Waals surface area (Å²) in [5, 5.41) is 8.71.